The Labute approximate surface area is 103 Å². The van der Waals surface area contributed by atoms with Gasteiger partial charge in [-0.3, -0.25) is 4.79 Å². The van der Waals surface area contributed by atoms with Crippen LogP contribution in [0.1, 0.15) is 10.4 Å². The topological polar surface area (TPSA) is 55.4 Å². The molecule has 86 valence electrons. The number of hydrogen-bond acceptors (Lipinski definition) is 3. The minimum Gasteiger partial charge on any atom is -0.465 e. The minimum atomic E-state index is -0.471. The highest BCUT2D eigenvalue weighted by Gasteiger charge is 2.21. The molecule has 0 atom stereocenters. The van der Waals surface area contributed by atoms with Crippen LogP contribution in [0.3, 0.4) is 0 Å². The monoisotopic (exact) mass is 229 g/mol. The van der Waals surface area contributed by atoms with E-state index >= 15 is 0 Å². The number of methoxy groups -OCH3 is 1. The maximum Gasteiger partial charge on any atom is 0.337 e. The molecule has 1 rings (SSSR count). The van der Waals surface area contributed by atoms with Crippen LogP contribution in [0.25, 0.3) is 0 Å². The fourth-order valence-electron chi connectivity index (χ4n) is 1.16. The van der Waals surface area contributed by atoms with Gasteiger partial charge in [-0.05, 0) is 23.3 Å². The summed E-state index contributed by atoms with van der Waals surface area (Å²) in [4.78, 5) is 23.1. The lowest BCUT2D eigenvalue weighted by atomic mass is 9.42. The zero-order valence-electron chi connectivity index (χ0n) is 10.5. The first kappa shape index (κ1) is 13.4. The third-order valence-electron chi connectivity index (χ3n) is 2.22. The molecule has 0 spiro atoms. The molecule has 0 aliphatic carbocycles. The molecule has 0 aromatic heterocycles. The molecule has 7 heteroatoms. The first-order valence-corrected chi connectivity index (χ1v) is 5.34. The fraction of sp³-hybridized carbons (Fsp3) is 0.200. The van der Waals surface area contributed by atoms with E-state index in [4.69, 9.17) is 0 Å². The smallest absolute Gasteiger partial charge is 0.337 e. The molecule has 0 radical (unpaired) electrons. The average Bonchev–Trinajstić information content (AvgIpc) is 2.27. The highest BCUT2D eigenvalue weighted by atomic mass is 16.5. The van der Waals surface area contributed by atoms with E-state index in [2.05, 4.69) is 10.1 Å². The number of nitrogens with one attached hydrogen (secondary N) is 1. The molecule has 0 heterocycles. The van der Waals surface area contributed by atoms with Crippen molar-refractivity contribution in [3.05, 3.63) is 29.8 Å². The Hall–Kier alpha value is -1.65. The zero-order chi connectivity index (χ0) is 13.1. The van der Waals surface area contributed by atoms with Crippen molar-refractivity contribution in [3.63, 3.8) is 0 Å². The molecule has 1 aromatic rings. The van der Waals surface area contributed by atoms with Crippen LogP contribution in [0.5, 0.6) is 0 Å². The summed E-state index contributed by atoms with van der Waals surface area (Å²) in [5.41, 5.74) is 1.01. The predicted octanol–water partition coefficient (Wildman–Crippen LogP) is -1.62. The van der Waals surface area contributed by atoms with E-state index in [0.717, 1.165) is 0 Å². The number of ether oxygens (including phenoxy) is 1. The predicted molar refractivity (Wildman–Crippen MR) is 74.7 cm³/mol. The molecule has 4 nitrogen and oxygen atoms in total. The third kappa shape index (κ3) is 3.69. The Morgan fingerprint density at radius 2 is 1.94 bits per heavy atom. The summed E-state index contributed by atoms with van der Waals surface area (Å²) in [5, 5.41) is 2.28. The molecule has 1 N–H and O–H groups in total. The number of carbonyl (C=O) groups is 2. The van der Waals surface area contributed by atoms with E-state index in [1.807, 2.05) is 23.5 Å². The molecular weight excluding hydrogens is 215 g/mol. The van der Waals surface area contributed by atoms with Gasteiger partial charge < -0.3 is 10.1 Å². The second-order valence-corrected chi connectivity index (χ2v) is 4.78. The molecule has 0 saturated carbocycles. The largest absolute Gasteiger partial charge is 0.465 e. The minimum absolute atomic E-state index is 0.0977. The summed E-state index contributed by atoms with van der Waals surface area (Å²) in [5.74, 6) is -0.517. The maximum absolute atomic E-state index is 11.8. The normalized spacial score (nSPS) is 10.6. The summed E-state index contributed by atoms with van der Waals surface area (Å²) < 4.78 is 4.61. The van der Waals surface area contributed by atoms with Crippen molar-refractivity contribution < 1.29 is 14.3 Å². The van der Waals surface area contributed by atoms with Crippen LogP contribution >= 0.6 is 0 Å². The number of hydrogen-bond donors (Lipinski definition) is 1. The standard InChI is InChI=1S/C10H14B3NO3/c1-17-8(15)6-3-2-4-7(5-6)14-9(16)10(11,12)13/h2-5H,11-13H2,1H3,(H,14,16). The second kappa shape index (κ2) is 5.12. The molecule has 0 aliphatic rings. The number of esters is 1. The van der Waals surface area contributed by atoms with Crippen LogP contribution in [0, 0.1) is 0 Å². The Morgan fingerprint density at radius 3 is 2.47 bits per heavy atom. The van der Waals surface area contributed by atoms with E-state index in [0.29, 0.717) is 11.3 Å². The van der Waals surface area contributed by atoms with Gasteiger partial charge in [0.1, 0.15) is 23.5 Å². The first-order chi connectivity index (χ1) is 7.84. The number of amides is 1. The summed E-state index contributed by atoms with van der Waals surface area (Å²) in [6.07, 6.45) is 0. The average molecular weight is 229 g/mol. The Kier molecular flexibility index (Phi) is 4.04. The van der Waals surface area contributed by atoms with E-state index in [9.17, 15) is 9.59 Å². The number of rotatable bonds is 3. The fourth-order valence-corrected chi connectivity index (χ4v) is 1.16. The van der Waals surface area contributed by atoms with Gasteiger partial charge in [-0.1, -0.05) is 6.07 Å². The number of anilines is 1. The molecular formula is C10H14B3NO3. The van der Waals surface area contributed by atoms with E-state index < -0.39 is 11.1 Å². The van der Waals surface area contributed by atoms with Gasteiger partial charge in [-0.15, -0.1) is 0 Å². The summed E-state index contributed by atoms with van der Waals surface area (Å²) >= 11 is 0. The van der Waals surface area contributed by atoms with Gasteiger partial charge in [0.2, 0.25) is 5.91 Å². The third-order valence-corrected chi connectivity index (χ3v) is 2.22. The highest BCUT2D eigenvalue weighted by molar-refractivity contribution is 6.69. The molecule has 1 aromatic carbocycles. The van der Waals surface area contributed by atoms with Crippen molar-refractivity contribution in [1.82, 2.24) is 0 Å². The maximum atomic E-state index is 11.8. The van der Waals surface area contributed by atoms with Gasteiger partial charge >= 0.3 is 5.97 Å². The van der Waals surface area contributed by atoms with Crippen molar-refractivity contribution in [3.8, 4) is 0 Å². The van der Waals surface area contributed by atoms with Gasteiger partial charge in [0.25, 0.3) is 0 Å². The van der Waals surface area contributed by atoms with Crippen molar-refractivity contribution in [2.45, 2.75) is 5.11 Å². The SMILES string of the molecule is BC(B)(B)C(=O)Nc1cccc(C(=O)OC)c1. The first-order valence-electron chi connectivity index (χ1n) is 5.34. The molecule has 0 unspecified atom stereocenters. The van der Waals surface area contributed by atoms with Crippen molar-refractivity contribution in [2.75, 3.05) is 12.4 Å². The molecule has 17 heavy (non-hydrogen) atoms. The Bertz CT molecular complexity index is 443. The molecule has 0 fully saturated rings. The lowest BCUT2D eigenvalue weighted by Gasteiger charge is -2.17. The lowest BCUT2D eigenvalue weighted by Crippen LogP contribution is -2.31. The summed E-state index contributed by atoms with van der Waals surface area (Å²) in [6.45, 7) is 0. The van der Waals surface area contributed by atoms with E-state index in [1.54, 1.807) is 24.3 Å². The molecule has 0 saturated heterocycles. The van der Waals surface area contributed by atoms with Crippen LogP contribution in [0.2, 0.25) is 5.11 Å². The van der Waals surface area contributed by atoms with E-state index in [1.165, 1.54) is 7.11 Å². The van der Waals surface area contributed by atoms with Crippen LogP contribution in [0.15, 0.2) is 24.3 Å². The molecule has 1 amide bonds. The van der Waals surface area contributed by atoms with Crippen molar-refractivity contribution in [1.29, 1.82) is 0 Å². The zero-order valence-corrected chi connectivity index (χ0v) is 10.5. The number of benzene rings is 1. The van der Waals surface area contributed by atoms with Gasteiger partial charge in [-0.25, -0.2) is 4.79 Å². The van der Waals surface area contributed by atoms with Crippen LogP contribution < -0.4 is 5.32 Å². The molecule has 0 bridgehead atoms. The van der Waals surface area contributed by atoms with Crippen molar-refractivity contribution >= 4 is 41.1 Å². The van der Waals surface area contributed by atoms with E-state index in [-0.39, 0.29) is 5.91 Å². The highest BCUT2D eigenvalue weighted by Crippen LogP contribution is 2.16. The summed E-state index contributed by atoms with van der Waals surface area (Å²) in [6, 6.07) is 6.66. The number of carbonyl (C=O) groups excluding carboxylic acids is 2. The molecule has 0 aliphatic heterocycles. The van der Waals surface area contributed by atoms with Gasteiger partial charge in [-0.2, -0.15) is 0 Å². The Balaban J connectivity index is 2.87. The lowest BCUT2D eigenvalue weighted by molar-refractivity contribution is -0.115. The van der Waals surface area contributed by atoms with Gasteiger partial charge in [0, 0.05) is 5.69 Å². The van der Waals surface area contributed by atoms with Crippen LogP contribution in [0.4, 0.5) is 5.69 Å². The second-order valence-electron chi connectivity index (χ2n) is 4.78. The van der Waals surface area contributed by atoms with Crippen LogP contribution in [-0.2, 0) is 9.53 Å². The Morgan fingerprint density at radius 1 is 1.29 bits per heavy atom. The quantitative estimate of drug-likeness (QED) is 0.500. The van der Waals surface area contributed by atoms with Gasteiger partial charge in [0.05, 0.1) is 12.7 Å². The summed E-state index contributed by atoms with van der Waals surface area (Å²) in [7, 11) is 6.80. The van der Waals surface area contributed by atoms with Crippen molar-refractivity contribution in [2.24, 2.45) is 0 Å². The van der Waals surface area contributed by atoms with Gasteiger partial charge in [0.15, 0.2) is 0 Å². The van der Waals surface area contributed by atoms with Crippen LogP contribution in [-0.4, -0.2) is 42.5 Å².